The lowest BCUT2D eigenvalue weighted by atomic mass is 10.1. The van der Waals surface area contributed by atoms with Gasteiger partial charge < -0.3 is 14.6 Å². The quantitative estimate of drug-likeness (QED) is 0.669. The second-order valence-corrected chi connectivity index (χ2v) is 4.83. The number of rotatable bonds is 9. The maximum absolute atomic E-state index is 5.60. The standard InChI is InChI=1S/C14H26N2O/c1-4-15-11-14-5-7-16(12-14)8-10-17-9-6-13(2)3/h5,7,12-13,15H,4,6,8-11H2,1-3H3. The van der Waals surface area contributed by atoms with E-state index in [1.165, 1.54) is 5.56 Å². The molecule has 0 aromatic carbocycles. The van der Waals surface area contributed by atoms with Crippen molar-refractivity contribution in [3.05, 3.63) is 24.0 Å². The van der Waals surface area contributed by atoms with E-state index in [1.54, 1.807) is 0 Å². The van der Waals surface area contributed by atoms with Gasteiger partial charge in [0.25, 0.3) is 0 Å². The minimum atomic E-state index is 0.730. The van der Waals surface area contributed by atoms with Crippen LogP contribution in [0.5, 0.6) is 0 Å². The van der Waals surface area contributed by atoms with E-state index in [0.29, 0.717) is 0 Å². The molecule has 0 unspecified atom stereocenters. The summed E-state index contributed by atoms with van der Waals surface area (Å²) in [7, 11) is 0. The van der Waals surface area contributed by atoms with Gasteiger partial charge in [-0.1, -0.05) is 20.8 Å². The first kappa shape index (κ1) is 14.3. The van der Waals surface area contributed by atoms with Crippen LogP contribution in [0.2, 0.25) is 0 Å². The Morgan fingerprint density at radius 3 is 2.88 bits per heavy atom. The van der Waals surface area contributed by atoms with Gasteiger partial charge in [-0.3, -0.25) is 0 Å². The van der Waals surface area contributed by atoms with Gasteiger partial charge in [0, 0.05) is 32.1 Å². The summed E-state index contributed by atoms with van der Waals surface area (Å²) >= 11 is 0. The van der Waals surface area contributed by atoms with E-state index >= 15 is 0 Å². The zero-order valence-corrected chi connectivity index (χ0v) is 11.4. The van der Waals surface area contributed by atoms with Gasteiger partial charge in [-0.25, -0.2) is 0 Å². The molecule has 1 rings (SSSR count). The van der Waals surface area contributed by atoms with Crippen LogP contribution in [-0.4, -0.2) is 24.3 Å². The highest BCUT2D eigenvalue weighted by Crippen LogP contribution is 2.02. The first-order chi connectivity index (χ1) is 8.22. The second kappa shape index (κ2) is 8.31. The molecule has 1 heterocycles. The molecule has 0 saturated heterocycles. The molecule has 0 amide bonds. The number of hydrogen-bond donors (Lipinski definition) is 1. The lowest BCUT2D eigenvalue weighted by Crippen LogP contribution is -2.11. The second-order valence-electron chi connectivity index (χ2n) is 4.83. The average Bonchev–Trinajstić information content (AvgIpc) is 2.73. The van der Waals surface area contributed by atoms with Crippen molar-refractivity contribution in [3.8, 4) is 0 Å². The van der Waals surface area contributed by atoms with Crippen molar-refractivity contribution < 1.29 is 4.74 Å². The molecule has 0 saturated carbocycles. The maximum Gasteiger partial charge on any atom is 0.0645 e. The van der Waals surface area contributed by atoms with Gasteiger partial charge in [0.15, 0.2) is 0 Å². The van der Waals surface area contributed by atoms with Crippen molar-refractivity contribution in [2.24, 2.45) is 5.92 Å². The Morgan fingerprint density at radius 1 is 1.35 bits per heavy atom. The Bertz CT molecular complexity index is 294. The van der Waals surface area contributed by atoms with Crippen LogP contribution < -0.4 is 5.32 Å². The predicted octanol–water partition coefficient (Wildman–Crippen LogP) is 2.66. The molecule has 0 bridgehead atoms. The van der Waals surface area contributed by atoms with Gasteiger partial charge in [-0.15, -0.1) is 0 Å². The topological polar surface area (TPSA) is 26.2 Å². The Labute approximate surface area is 105 Å². The number of nitrogens with one attached hydrogen (secondary N) is 1. The molecule has 0 fully saturated rings. The van der Waals surface area contributed by atoms with Gasteiger partial charge in [-0.2, -0.15) is 0 Å². The zero-order chi connectivity index (χ0) is 12.5. The third-order valence-corrected chi connectivity index (χ3v) is 2.72. The third kappa shape index (κ3) is 6.49. The summed E-state index contributed by atoms with van der Waals surface area (Å²) in [6.07, 6.45) is 5.46. The monoisotopic (exact) mass is 238 g/mol. The van der Waals surface area contributed by atoms with Crippen LogP contribution in [0.4, 0.5) is 0 Å². The van der Waals surface area contributed by atoms with Crippen LogP contribution in [0.3, 0.4) is 0 Å². The number of nitrogens with zero attached hydrogens (tertiary/aromatic N) is 1. The number of ether oxygens (including phenoxy) is 1. The van der Waals surface area contributed by atoms with Crippen molar-refractivity contribution in [1.29, 1.82) is 0 Å². The molecule has 1 aromatic rings. The predicted molar refractivity (Wildman–Crippen MR) is 72.1 cm³/mol. The molecular weight excluding hydrogens is 212 g/mol. The van der Waals surface area contributed by atoms with E-state index < -0.39 is 0 Å². The number of aromatic nitrogens is 1. The van der Waals surface area contributed by atoms with E-state index in [4.69, 9.17) is 4.74 Å². The van der Waals surface area contributed by atoms with Gasteiger partial charge in [0.05, 0.1) is 6.61 Å². The van der Waals surface area contributed by atoms with Crippen LogP contribution in [-0.2, 0) is 17.8 Å². The highest BCUT2D eigenvalue weighted by atomic mass is 16.5. The summed E-state index contributed by atoms with van der Waals surface area (Å²) in [6.45, 7) is 11.2. The SMILES string of the molecule is CCNCc1ccn(CCOCCC(C)C)c1. The highest BCUT2D eigenvalue weighted by Gasteiger charge is 1.97. The fraction of sp³-hybridized carbons (Fsp3) is 0.714. The third-order valence-electron chi connectivity index (χ3n) is 2.72. The summed E-state index contributed by atoms with van der Waals surface area (Å²) in [5.74, 6) is 0.730. The van der Waals surface area contributed by atoms with E-state index in [2.05, 4.69) is 49.1 Å². The molecule has 1 N–H and O–H groups in total. The molecule has 3 nitrogen and oxygen atoms in total. The zero-order valence-electron chi connectivity index (χ0n) is 11.4. The van der Waals surface area contributed by atoms with Gasteiger partial charge in [-0.05, 0) is 30.5 Å². The van der Waals surface area contributed by atoms with Crippen molar-refractivity contribution >= 4 is 0 Å². The van der Waals surface area contributed by atoms with Crippen LogP contribution in [0.1, 0.15) is 32.8 Å². The van der Waals surface area contributed by atoms with E-state index in [-0.39, 0.29) is 0 Å². The van der Waals surface area contributed by atoms with Gasteiger partial charge in [0.1, 0.15) is 0 Å². The smallest absolute Gasteiger partial charge is 0.0645 e. The highest BCUT2D eigenvalue weighted by molar-refractivity contribution is 5.09. The lowest BCUT2D eigenvalue weighted by Gasteiger charge is -2.07. The van der Waals surface area contributed by atoms with Crippen LogP contribution in [0, 0.1) is 5.92 Å². The first-order valence-corrected chi connectivity index (χ1v) is 6.65. The Kier molecular flexibility index (Phi) is 6.97. The first-order valence-electron chi connectivity index (χ1n) is 6.65. The van der Waals surface area contributed by atoms with Gasteiger partial charge in [0.2, 0.25) is 0 Å². The van der Waals surface area contributed by atoms with E-state index in [1.807, 2.05) is 0 Å². The average molecular weight is 238 g/mol. The largest absolute Gasteiger partial charge is 0.380 e. The fourth-order valence-corrected chi connectivity index (χ4v) is 1.59. The molecule has 0 radical (unpaired) electrons. The lowest BCUT2D eigenvalue weighted by molar-refractivity contribution is 0.116. The normalized spacial score (nSPS) is 11.3. The Morgan fingerprint density at radius 2 is 2.18 bits per heavy atom. The summed E-state index contributed by atoms with van der Waals surface area (Å²) < 4.78 is 7.80. The summed E-state index contributed by atoms with van der Waals surface area (Å²) in [6, 6.07) is 2.16. The summed E-state index contributed by atoms with van der Waals surface area (Å²) in [5, 5.41) is 3.32. The molecule has 0 aliphatic heterocycles. The Hall–Kier alpha value is -0.800. The van der Waals surface area contributed by atoms with Crippen molar-refractivity contribution in [2.75, 3.05) is 19.8 Å². The van der Waals surface area contributed by atoms with Crippen molar-refractivity contribution in [2.45, 2.75) is 40.3 Å². The summed E-state index contributed by atoms with van der Waals surface area (Å²) in [5.41, 5.74) is 1.34. The van der Waals surface area contributed by atoms with Crippen LogP contribution in [0.25, 0.3) is 0 Å². The van der Waals surface area contributed by atoms with E-state index in [0.717, 1.165) is 45.2 Å². The minimum absolute atomic E-state index is 0.730. The molecule has 0 aliphatic rings. The molecule has 0 spiro atoms. The van der Waals surface area contributed by atoms with Crippen LogP contribution >= 0.6 is 0 Å². The van der Waals surface area contributed by atoms with Gasteiger partial charge >= 0.3 is 0 Å². The molecule has 0 aliphatic carbocycles. The molecule has 0 atom stereocenters. The molecule has 1 aromatic heterocycles. The molecule has 98 valence electrons. The number of hydrogen-bond acceptors (Lipinski definition) is 2. The minimum Gasteiger partial charge on any atom is -0.380 e. The van der Waals surface area contributed by atoms with E-state index in [9.17, 15) is 0 Å². The Balaban J connectivity index is 2.12. The van der Waals surface area contributed by atoms with Crippen molar-refractivity contribution in [3.63, 3.8) is 0 Å². The summed E-state index contributed by atoms with van der Waals surface area (Å²) in [4.78, 5) is 0. The maximum atomic E-state index is 5.60. The molecular formula is C14H26N2O. The van der Waals surface area contributed by atoms with Crippen LogP contribution in [0.15, 0.2) is 18.5 Å². The molecule has 3 heteroatoms. The van der Waals surface area contributed by atoms with Crippen molar-refractivity contribution in [1.82, 2.24) is 9.88 Å². The fourth-order valence-electron chi connectivity index (χ4n) is 1.59. The molecule has 17 heavy (non-hydrogen) atoms.